The molecule has 0 radical (unpaired) electrons. The highest BCUT2D eigenvalue weighted by atomic mass is 28.4. The maximum atomic E-state index is 6.04. The molecule has 1 aliphatic heterocycles. The average Bonchev–Trinajstić information content (AvgIpc) is 2.64. The maximum Gasteiger partial charge on any atom is 0.238 e. The monoisotopic (exact) mass is 366 g/mol. The fraction of sp³-hybridized carbons (Fsp3) is 0.700. The summed E-state index contributed by atoms with van der Waals surface area (Å²) in [5, 5.41) is 0. The van der Waals surface area contributed by atoms with Gasteiger partial charge in [0.05, 0.1) is 0 Å². The molecular weight excluding hydrogens is 332 g/mol. The van der Waals surface area contributed by atoms with Crippen LogP contribution in [0.15, 0.2) is 30.3 Å². The first-order chi connectivity index (χ1) is 11.8. The minimum Gasteiger partial charge on any atom is -0.286 e. The van der Waals surface area contributed by atoms with E-state index in [1.807, 2.05) is 32.0 Å². The molecule has 1 aliphatic rings. The van der Waals surface area contributed by atoms with Crippen molar-refractivity contribution in [2.24, 2.45) is 0 Å². The fourth-order valence-electron chi connectivity index (χ4n) is 3.28. The zero-order chi connectivity index (χ0) is 18.6. The van der Waals surface area contributed by atoms with E-state index in [0.29, 0.717) is 0 Å². The fourth-order valence-corrected chi connectivity index (χ4v) is 5.53. The molecule has 4 nitrogen and oxygen atoms in total. The van der Waals surface area contributed by atoms with E-state index in [-0.39, 0.29) is 6.10 Å². The molecule has 1 unspecified atom stereocenters. The van der Waals surface area contributed by atoms with Crippen molar-refractivity contribution in [3.05, 3.63) is 35.9 Å². The molecule has 1 heterocycles. The van der Waals surface area contributed by atoms with Gasteiger partial charge < -0.3 is 0 Å². The van der Waals surface area contributed by atoms with Gasteiger partial charge in [-0.25, -0.2) is 14.7 Å². The summed E-state index contributed by atoms with van der Waals surface area (Å²) in [6.45, 7) is 12.7. The first-order valence-electron chi connectivity index (χ1n) is 9.57. The van der Waals surface area contributed by atoms with Gasteiger partial charge in [0, 0.05) is 0 Å². The van der Waals surface area contributed by atoms with Crippen LogP contribution in [0.3, 0.4) is 0 Å². The SMILES string of the molecule is CC[Si](CC)(CC)OOC(C)(C)C1CC[C@](C)(c2ccccc2)OO1. The Morgan fingerprint density at radius 3 is 2.20 bits per heavy atom. The molecule has 1 fully saturated rings. The smallest absolute Gasteiger partial charge is 0.238 e. The molecule has 25 heavy (non-hydrogen) atoms. The molecule has 0 saturated carbocycles. The Balaban J connectivity index is 1.96. The van der Waals surface area contributed by atoms with E-state index in [0.717, 1.165) is 36.5 Å². The maximum absolute atomic E-state index is 6.04. The van der Waals surface area contributed by atoms with Gasteiger partial charge in [-0.05, 0) is 57.3 Å². The zero-order valence-electron chi connectivity index (χ0n) is 16.6. The second-order valence-corrected chi connectivity index (χ2v) is 12.5. The Morgan fingerprint density at radius 1 is 1.12 bits per heavy atom. The minimum atomic E-state index is -1.79. The van der Waals surface area contributed by atoms with E-state index in [1.54, 1.807) is 0 Å². The van der Waals surface area contributed by atoms with Crippen molar-refractivity contribution in [2.45, 2.75) is 89.8 Å². The van der Waals surface area contributed by atoms with Gasteiger partial charge in [-0.15, -0.1) is 0 Å². The van der Waals surface area contributed by atoms with Crippen LogP contribution in [0.5, 0.6) is 0 Å². The zero-order valence-corrected chi connectivity index (χ0v) is 17.6. The van der Waals surface area contributed by atoms with Crippen LogP contribution in [0.2, 0.25) is 18.1 Å². The van der Waals surface area contributed by atoms with Crippen molar-refractivity contribution in [3.63, 3.8) is 0 Å². The summed E-state index contributed by atoms with van der Waals surface area (Å²) >= 11 is 0. The van der Waals surface area contributed by atoms with Crippen molar-refractivity contribution < 1.29 is 19.2 Å². The molecular formula is C20H34O4Si. The van der Waals surface area contributed by atoms with Crippen molar-refractivity contribution in [1.82, 2.24) is 0 Å². The van der Waals surface area contributed by atoms with E-state index in [2.05, 4.69) is 39.8 Å². The molecule has 1 saturated heterocycles. The molecule has 0 spiro atoms. The van der Waals surface area contributed by atoms with Gasteiger partial charge >= 0.3 is 0 Å². The van der Waals surface area contributed by atoms with E-state index in [1.165, 1.54) is 0 Å². The van der Waals surface area contributed by atoms with E-state index < -0.39 is 19.5 Å². The quantitative estimate of drug-likeness (QED) is 0.334. The highest BCUT2D eigenvalue weighted by Crippen LogP contribution is 2.39. The normalized spacial score (nSPS) is 25.1. The highest BCUT2D eigenvalue weighted by molar-refractivity contribution is 6.73. The van der Waals surface area contributed by atoms with Crippen LogP contribution in [-0.4, -0.2) is 20.0 Å². The minimum absolute atomic E-state index is 0.151. The van der Waals surface area contributed by atoms with Crippen molar-refractivity contribution in [1.29, 1.82) is 0 Å². The van der Waals surface area contributed by atoms with Crippen LogP contribution in [0.25, 0.3) is 0 Å². The lowest BCUT2D eigenvalue weighted by atomic mass is 9.86. The predicted molar refractivity (Wildman–Crippen MR) is 102 cm³/mol. The van der Waals surface area contributed by atoms with Gasteiger partial charge in [0.2, 0.25) is 8.32 Å². The summed E-state index contributed by atoms with van der Waals surface area (Å²) in [5.41, 5.74) is 0.178. The highest BCUT2D eigenvalue weighted by Gasteiger charge is 2.44. The summed E-state index contributed by atoms with van der Waals surface area (Å²) in [7, 11) is -1.79. The predicted octanol–water partition coefficient (Wildman–Crippen LogP) is 5.74. The number of hydrogen-bond acceptors (Lipinski definition) is 4. The molecule has 0 amide bonds. The largest absolute Gasteiger partial charge is 0.286 e. The Morgan fingerprint density at radius 2 is 1.72 bits per heavy atom. The summed E-state index contributed by atoms with van der Waals surface area (Å²) in [6, 6.07) is 13.4. The van der Waals surface area contributed by atoms with E-state index in [4.69, 9.17) is 19.2 Å². The summed E-state index contributed by atoms with van der Waals surface area (Å²) in [6.07, 6.45) is 1.59. The third-order valence-electron chi connectivity index (χ3n) is 5.76. The van der Waals surface area contributed by atoms with E-state index >= 15 is 0 Å². The van der Waals surface area contributed by atoms with Gasteiger partial charge in [0.1, 0.15) is 17.3 Å². The third kappa shape index (κ3) is 4.71. The lowest BCUT2D eigenvalue weighted by Crippen LogP contribution is -2.49. The Hall–Kier alpha value is -0.723. The third-order valence-corrected chi connectivity index (χ3v) is 10.1. The van der Waals surface area contributed by atoms with Gasteiger partial charge in [-0.1, -0.05) is 51.1 Å². The number of rotatable bonds is 8. The van der Waals surface area contributed by atoms with E-state index in [9.17, 15) is 0 Å². The Bertz CT molecular complexity index is 511. The summed E-state index contributed by atoms with van der Waals surface area (Å²) in [4.78, 5) is 17.6. The molecule has 2 atom stereocenters. The number of hydrogen-bond donors (Lipinski definition) is 0. The molecule has 5 heteroatoms. The second-order valence-electron chi connectivity index (χ2n) is 7.82. The Kier molecular flexibility index (Phi) is 6.85. The van der Waals surface area contributed by atoms with Gasteiger partial charge in [0.15, 0.2) is 0 Å². The Labute approximate surface area is 153 Å². The van der Waals surface area contributed by atoms with Crippen molar-refractivity contribution in [2.75, 3.05) is 0 Å². The summed E-state index contributed by atoms with van der Waals surface area (Å²) in [5.74, 6) is 0. The summed E-state index contributed by atoms with van der Waals surface area (Å²) < 4.78 is 6.04. The molecule has 0 bridgehead atoms. The molecule has 1 aromatic carbocycles. The van der Waals surface area contributed by atoms with Gasteiger partial charge in [-0.2, -0.15) is 0 Å². The molecule has 1 aromatic rings. The average molecular weight is 367 g/mol. The van der Waals surface area contributed by atoms with Crippen LogP contribution in [0.1, 0.15) is 59.9 Å². The van der Waals surface area contributed by atoms with Crippen LogP contribution in [0.4, 0.5) is 0 Å². The molecule has 0 aromatic heterocycles. The number of benzene rings is 1. The lowest BCUT2D eigenvalue weighted by molar-refractivity contribution is -0.448. The second kappa shape index (κ2) is 8.31. The molecule has 0 aliphatic carbocycles. The topological polar surface area (TPSA) is 36.9 Å². The standard InChI is InChI=1S/C20H34O4Si/c1-7-25(8-2,9-3)24-22-19(4,5)18-15-16-20(6,23-21-18)17-13-11-10-12-14-17/h10-14,18H,7-9,15-16H2,1-6H3/t18?,20-/m1/s1. The van der Waals surface area contributed by atoms with Gasteiger partial charge in [0.25, 0.3) is 0 Å². The molecule has 0 N–H and O–H groups in total. The van der Waals surface area contributed by atoms with Crippen molar-refractivity contribution in [3.8, 4) is 0 Å². The first kappa shape index (κ1) is 20.6. The first-order valence-corrected chi connectivity index (χ1v) is 12.1. The molecule has 142 valence electrons. The van der Waals surface area contributed by atoms with Crippen LogP contribution < -0.4 is 0 Å². The van der Waals surface area contributed by atoms with Crippen LogP contribution in [0, 0.1) is 0 Å². The van der Waals surface area contributed by atoms with Crippen LogP contribution >= 0.6 is 0 Å². The van der Waals surface area contributed by atoms with Crippen molar-refractivity contribution >= 4 is 8.32 Å². The lowest BCUT2D eigenvalue weighted by Gasteiger charge is -2.42. The van der Waals surface area contributed by atoms with Gasteiger partial charge in [-0.3, -0.25) is 4.58 Å². The van der Waals surface area contributed by atoms with Crippen LogP contribution in [-0.2, 0) is 24.8 Å². The molecule has 2 rings (SSSR count).